The van der Waals surface area contributed by atoms with Gasteiger partial charge in [-0.05, 0) is 24.3 Å². The first kappa shape index (κ1) is 12.2. The van der Waals surface area contributed by atoms with Crippen LogP contribution in [-0.2, 0) is 4.79 Å². The number of methoxy groups -OCH3 is 1. The Labute approximate surface area is 114 Å². The van der Waals surface area contributed by atoms with Gasteiger partial charge in [0.15, 0.2) is 0 Å². The third kappa shape index (κ3) is 2.07. The Balaban J connectivity index is 2.14. The van der Waals surface area contributed by atoms with Gasteiger partial charge in [0.25, 0.3) is 0 Å². The van der Waals surface area contributed by atoms with Gasteiger partial charge in [-0.15, -0.1) is 0 Å². The van der Waals surface area contributed by atoms with Crippen LogP contribution >= 0.6 is 0 Å². The fourth-order valence-corrected chi connectivity index (χ4v) is 2.06. The second-order valence-electron chi connectivity index (χ2n) is 4.18. The molecule has 0 saturated heterocycles. The summed E-state index contributed by atoms with van der Waals surface area (Å²) >= 11 is 0. The van der Waals surface area contributed by atoms with Gasteiger partial charge >= 0.3 is 0 Å². The zero-order valence-corrected chi connectivity index (χ0v) is 10.8. The summed E-state index contributed by atoms with van der Waals surface area (Å²) in [6.45, 7) is 0. The molecule has 3 rings (SSSR count). The van der Waals surface area contributed by atoms with Gasteiger partial charge in [0.2, 0.25) is 12.3 Å². The van der Waals surface area contributed by atoms with E-state index in [1.54, 1.807) is 13.3 Å². The normalized spacial score (nSPS) is 10.4. The first-order valence-corrected chi connectivity index (χ1v) is 6.00. The summed E-state index contributed by atoms with van der Waals surface area (Å²) in [7, 11) is 1.57. The van der Waals surface area contributed by atoms with Crippen molar-refractivity contribution in [1.29, 1.82) is 0 Å². The number of aromatic nitrogens is 3. The van der Waals surface area contributed by atoms with Crippen molar-refractivity contribution < 1.29 is 9.53 Å². The maximum absolute atomic E-state index is 10.5. The van der Waals surface area contributed by atoms with Crippen LogP contribution in [0.2, 0.25) is 0 Å². The Morgan fingerprint density at radius 1 is 1.30 bits per heavy atom. The third-order valence-electron chi connectivity index (χ3n) is 3.01. The summed E-state index contributed by atoms with van der Waals surface area (Å²) in [4.78, 5) is 14.6. The van der Waals surface area contributed by atoms with E-state index in [2.05, 4.69) is 20.5 Å². The number of rotatable bonds is 4. The van der Waals surface area contributed by atoms with Gasteiger partial charge in [-0.1, -0.05) is 0 Å². The minimum atomic E-state index is 0.529. The lowest BCUT2D eigenvalue weighted by Crippen LogP contribution is -1.92. The average molecular weight is 268 g/mol. The number of ether oxygens (including phenoxy) is 1. The van der Waals surface area contributed by atoms with Crippen molar-refractivity contribution in [3.8, 4) is 17.1 Å². The molecular formula is C14H12N4O2. The van der Waals surface area contributed by atoms with Crippen molar-refractivity contribution >= 4 is 23.0 Å². The molecule has 0 saturated carbocycles. The molecule has 0 aliphatic rings. The number of hydrogen-bond acceptors (Lipinski definition) is 4. The monoisotopic (exact) mass is 268 g/mol. The molecule has 0 bridgehead atoms. The van der Waals surface area contributed by atoms with Crippen molar-refractivity contribution in [2.45, 2.75) is 0 Å². The van der Waals surface area contributed by atoms with Crippen molar-refractivity contribution in [2.75, 3.05) is 12.4 Å². The highest BCUT2D eigenvalue weighted by atomic mass is 16.5. The van der Waals surface area contributed by atoms with E-state index in [1.807, 2.05) is 30.3 Å². The molecule has 0 unspecified atom stereocenters. The van der Waals surface area contributed by atoms with E-state index in [1.165, 1.54) is 0 Å². The summed E-state index contributed by atoms with van der Waals surface area (Å²) in [5, 5.41) is 10.8. The fourth-order valence-electron chi connectivity index (χ4n) is 2.06. The molecule has 0 atom stereocenters. The van der Waals surface area contributed by atoms with E-state index in [4.69, 9.17) is 4.74 Å². The van der Waals surface area contributed by atoms with Crippen LogP contribution in [0.1, 0.15) is 0 Å². The van der Waals surface area contributed by atoms with Gasteiger partial charge in [0.1, 0.15) is 5.69 Å². The minimum Gasteiger partial charge on any atom is -0.481 e. The van der Waals surface area contributed by atoms with Crippen molar-refractivity contribution in [1.82, 2.24) is 15.2 Å². The van der Waals surface area contributed by atoms with Crippen molar-refractivity contribution in [3.63, 3.8) is 0 Å². The number of hydrogen-bond donors (Lipinski definition) is 2. The molecular weight excluding hydrogens is 256 g/mol. The molecule has 2 heterocycles. The SMILES string of the molecule is COc1cc(-c2n[nH]c3ccc(NC=O)cc23)ccn1. The second-order valence-corrected chi connectivity index (χ2v) is 4.18. The Kier molecular flexibility index (Phi) is 3.04. The van der Waals surface area contributed by atoms with Crippen LogP contribution in [0.15, 0.2) is 36.5 Å². The second kappa shape index (κ2) is 5.00. The zero-order chi connectivity index (χ0) is 13.9. The summed E-state index contributed by atoms with van der Waals surface area (Å²) in [6, 6.07) is 9.23. The molecule has 20 heavy (non-hydrogen) atoms. The number of carbonyl (C=O) groups is 1. The molecule has 1 amide bonds. The van der Waals surface area contributed by atoms with Crippen LogP contribution in [0.25, 0.3) is 22.2 Å². The highest BCUT2D eigenvalue weighted by molar-refractivity contribution is 5.95. The molecule has 0 spiro atoms. The molecule has 0 aliphatic heterocycles. The number of aromatic amines is 1. The number of nitrogens with one attached hydrogen (secondary N) is 2. The van der Waals surface area contributed by atoms with Crippen LogP contribution in [-0.4, -0.2) is 28.7 Å². The van der Waals surface area contributed by atoms with E-state index in [-0.39, 0.29) is 0 Å². The first-order valence-electron chi connectivity index (χ1n) is 6.00. The topological polar surface area (TPSA) is 79.9 Å². The lowest BCUT2D eigenvalue weighted by atomic mass is 10.1. The van der Waals surface area contributed by atoms with Crippen LogP contribution in [0.3, 0.4) is 0 Å². The standard InChI is InChI=1S/C14H12N4O2/c1-20-13-6-9(4-5-15-13)14-11-7-10(16-8-19)2-3-12(11)17-18-14/h2-8H,1H3,(H,16,19)(H,17,18). The van der Waals surface area contributed by atoms with Gasteiger partial charge in [0.05, 0.1) is 12.6 Å². The molecule has 1 aromatic carbocycles. The van der Waals surface area contributed by atoms with Crippen LogP contribution in [0.4, 0.5) is 5.69 Å². The van der Waals surface area contributed by atoms with Gasteiger partial charge in [0, 0.05) is 28.9 Å². The number of amides is 1. The summed E-state index contributed by atoms with van der Waals surface area (Å²) < 4.78 is 5.12. The van der Waals surface area contributed by atoms with E-state index >= 15 is 0 Å². The van der Waals surface area contributed by atoms with E-state index in [9.17, 15) is 4.79 Å². The maximum Gasteiger partial charge on any atom is 0.213 e. The first-order chi connectivity index (χ1) is 9.81. The number of carbonyl (C=O) groups excluding carboxylic acids is 1. The van der Waals surface area contributed by atoms with E-state index in [0.29, 0.717) is 12.3 Å². The molecule has 3 aromatic rings. The van der Waals surface area contributed by atoms with Crippen LogP contribution in [0, 0.1) is 0 Å². The lowest BCUT2D eigenvalue weighted by molar-refractivity contribution is -0.105. The molecule has 100 valence electrons. The van der Waals surface area contributed by atoms with Gasteiger partial charge < -0.3 is 10.1 Å². The number of benzene rings is 1. The van der Waals surface area contributed by atoms with Crippen LogP contribution in [0.5, 0.6) is 5.88 Å². The lowest BCUT2D eigenvalue weighted by Gasteiger charge is -2.02. The summed E-state index contributed by atoms with van der Waals surface area (Å²) in [5.74, 6) is 0.529. The quantitative estimate of drug-likeness (QED) is 0.711. The largest absolute Gasteiger partial charge is 0.481 e. The number of anilines is 1. The number of nitrogens with zero attached hydrogens (tertiary/aromatic N) is 2. The predicted molar refractivity (Wildman–Crippen MR) is 75.6 cm³/mol. The van der Waals surface area contributed by atoms with Crippen LogP contribution < -0.4 is 10.1 Å². The average Bonchev–Trinajstić information content (AvgIpc) is 2.91. The van der Waals surface area contributed by atoms with Crippen molar-refractivity contribution in [2.24, 2.45) is 0 Å². The maximum atomic E-state index is 10.5. The molecule has 0 aliphatic carbocycles. The molecule has 2 aromatic heterocycles. The molecule has 6 nitrogen and oxygen atoms in total. The predicted octanol–water partition coefficient (Wildman–Crippen LogP) is 2.20. The van der Waals surface area contributed by atoms with Gasteiger partial charge in [-0.25, -0.2) is 4.98 Å². The van der Waals surface area contributed by atoms with Crippen molar-refractivity contribution in [3.05, 3.63) is 36.5 Å². The highest BCUT2D eigenvalue weighted by Crippen LogP contribution is 2.29. The third-order valence-corrected chi connectivity index (χ3v) is 3.01. The minimum absolute atomic E-state index is 0.529. The number of pyridine rings is 1. The number of fused-ring (bicyclic) bond motifs is 1. The molecule has 0 radical (unpaired) electrons. The van der Waals surface area contributed by atoms with E-state index < -0.39 is 0 Å². The fraction of sp³-hybridized carbons (Fsp3) is 0.0714. The molecule has 2 N–H and O–H groups in total. The van der Waals surface area contributed by atoms with Gasteiger partial charge in [-0.3, -0.25) is 9.89 Å². The summed E-state index contributed by atoms with van der Waals surface area (Å²) in [6.07, 6.45) is 2.32. The Hall–Kier alpha value is -2.89. The summed E-state index contributed by atoms with van der Waals surface area (Å²) in [5.41, 5.74) is 3.30. The van der Waals surface area contributed by atoms with Gasteiger partial charge in [-0.2, -0.15) is 5.10 Å². The Morgan fingerprint density at radius 2 is 2.20 bits per heavy atom. The molecule has 0 fully saturated rings. The number of H-pyrrole nitrogens is 1. The molecule has 6 heteroatoms. The smallest absolute Gasteiger partial charge is 0.213 e. The van der Waals surface area contributed by atoms with E-state index in [0.717, 1.165) is 27.8 Å². The Morgan fingerprint density at radius 3 is 3.00 bits per heavy atom. The zero-order valence-electron chi connectivity index (χ0n) is 10.8. The Bertz CT molecular complexity index is 767. The highest BCUT2D eigenvalue weighted by Gasteiger charge is 2.10.